The monoisotopic (exact) mass is 289 g/mol. The lowest BCUT2D eigenvalue weighted by Gasteiger charge is -2.09. The fraction of sp³-hybridized carbons (Fsp3) is 0.538. The van der Waals surface area contributed by atoms with Crippen LogP contribution in [0.2, 0.25) is 5.02 Å². The van der Waals surface area contributed by atoms with E-state index in [2.05, 4.69) is 0 Å². The first-order valence-electron chi connectivity index (χ1n) is 6.06. The summed E-state index contributed by atoms with van der Waals surface area (Å²) in [6.07, 6.45) is 0. The molecule has 19 heavy (non-hydrogen) atoms. The van der Waals surface area contributed by atoms with Crippen LogP contribution in [-0.2, 0) is 14.2 Å². The minimum absolute atomic E-state index is 0.434. The molecule has 0 bridgehead atoms. The highest BCUT2D eigenvalue weighted by molar-refractivity contribution is 6.30. The predicted octanol–water partition coefficient (Wildman–Crippen LogP) is 1.98. The lowest BCUT2D eigenvalue weighted by molar-refractivity contribution is 0.0180. The third-order valence-electron chi connectivity index (χ3n) is 2.26. The molecule has 0 spiro atoms. The summed E-state index contributed by atoms with van der Waals surface area (Å²) < 4.78 is 20.9. The zero-order chi connectivity index (χ0) is 13.9. The van der Waals surface area contributed by atoms with E-state index in [-0.39, 0.29) is 0 Å². The van der Waals surface area contributed by atoms with Crippen molar-refractivity contribution in [2.45, 2.75) is 0 Å². The van der Waals surface area contributed by atoms with Gasteiger partial charge in [0, 0.05) is 12.1 Å². The Morgan fingerprint density at radius 2 is 1.63 bits per heavy atom. The van der Waals surface area contributed by atoms with Gasteiger partial charge in [0.2, 0.25) is 0 Å². The summed E-state index contributed by atoms with van der Waals surface area (Å²) in [7, 11) is 1.64. The number of benzene rings is 1. The maximum Gasteiger partial charge on any atom is 0.142 e. The maximum atomic E-state index is 5.79. The molecular formula is C13H20ClNO4. The fourth-order valence-electron chi connectivity index (χ4n) is 1.33. The van der Waals surface area contributed by atoms with Gasteiger partial charge >= 0.3 is 0 Å². The second-order valence-corrected chi connectivity index (χ2v) is 4.18. The average molecular weight is 290 g/mol. The number of hydrogen-bond donors (Lipinski definition) is 1. The zero-order valence-electron chi connectivity index (χ0n) is 11.1. The Morgan fingerprint density at radius 3 is 2.26 bits per heavy atom. The molecule has 0 aliphatic heterocycles. The molecule has 108 valence electrons. The summed E-state index contributed by atoms with van der Waals surface area (Å²) in [6.45, 7) is 3.17. The van der Waals surface area contributed by atoms with Crippen molar-refractivity contribution in [1.29, 1.82) is 0 Å². The van der Waals surface area contributed by atoms with E-state index in [4.69, 9.17) is 36.3 Å². The van der Waals surface area contributed by atoms with Crippen LogP contribution >= 0.6 is 11.6 Å². The van der Waals surface area contributed by atoms with Gasteiger partial charge in [-0.2, -0.15) is 0 Å². The van der Waals surface area contributed by atoms with E-state index in [0.717, 1.165) is 0 Å². The van der Waals surface area contributed by atoms with Crippen molar-refractivity contribution in [2.24, 2.45) is 0 Å². The average Bonchev–Trinajstić information content (AvgIpc) is 2.39. The second kappa shape index (κ2) is 9.86. The summed E-state index contributed by atoms with van der Waals surface area (Å²) in [4.78, 5) is 0. The zero-order valence-corrected chi connectivity index (χ0v) is 11.8. The lowest BCUT2D eigenvalue weighted by Crippen LogP contribution is -2.12. The van der Waals surface area contributed by atoms with Gasteiger partial charge in [-0.3, -0.25) is 0 Å². The van der Waals surface area contributed by atoms with E-state index < -0.39 is 0 Å². The van der Waals surface area contributed by atoms with Gasteiger partial charge in [-0.1, -0.05) is 11.6 Å². The smallest absolute Gasteiger partial charge is 0.142 e. The first kappa shape index (κ1) is 16.0. The minimum atomic E-state index is 0.434. The fourth-order valence-corrected chi connectivity index (χ4v) is 1.51. The van der Waals surface area contributed by atoms with Crippen LogP contribution in [0, 0.1) is 0 Å². The van der Waals surface area contributed by atoms with Crippen molar-refractivity contribution in [2.75, 3.05) is 52.5 Å². The van der Waals surface area contributed by atoms with E-state index in [1.54, 1.807) is 25.3 Å². The summed E-state index contributed by atoms with van der Waals surface area (Å²) in [6, 6.07) is 5.13. The van der Waals surface area contributed by atoms with Crippen molar-refractivity contribution in [1.82, 2.24) is 0 Å². The van der Waals surface area contributed by atoms with Crippen LogP contribution in [-0.4, -0.2) is 46.8 Å². The van der Waals surface area contributed by atoms with Crippen LogP contribution in [0.5, 0.6) is 5.75 Å². The van der Waals surface area contributed by atoms with Crippen LogP contribution in [0.3, 0.4) is 0 Å². The molecule has 0 aromatic heterocycles. The number of methoxy groups -OCH3 is 1. The third-order valence-corrected chi connectivity index (χ3v) is 2.50. The molecule has 0 radical (unpaired) electrons. The molecule has 0 fully saturated rings. The Labute approximate surface area is 118 Å². The highest BCUT2D eigenvalue weighted by Gasteiger charge is 2.00. The molecule has 0 aliphatic carbocycles. The molecule has 0 unspecified atom stereocenters. The van der Waals surface area contributed by atoms with Gasteiger partial charge in [-0.15, -0.1) is 0 Å². The summed E-state index contributed by atoms with van der Waals surface area (Å²) in [5, 5.41) is 0.592. The van der Waals surface area contributed by atoms with E-state index in [0.29, 0.717) is 56.1 Å². The summed E-state index contributed by atoms with van der Waals surface area (Å²) >= 11 is 5.79. The second-order valence-electron chi connectivity index (χ2n) is 3.75. The molecule has 0 amide bonds. The number of hydrogen-bond acceptors (Lipinski definition) is 5. The third kappa shape index (κ3) is 7.22. The van der Waals surface area contributed by atoms with Crippen LogP contribution in [0.25, 0.3) is 0 Å². The Balaban J connectivity index is 2.01. The quantitative estimate of drug-likeness (QED) is 0.527. The Bertz CT molecular complexity index is 362. The van der Waals surface area contributed by atoms with Gasteiger partial charge in [-0.05, 0) is 18.2 Å². The molecular weight excluding hydrogens is 270 g/mol. The number of anilines is 1. The lowest BCUT2D eigenvalue weighted by atomic mass is 10.3. The molecule has 0 saturated carbocycles. The predicted molar refractivity (Wildman–Crippen MR) is 74.9 cm³/mol. The molecule has 0 atom stereocenters. The van der Waals surface area contributed by atoms with E-state index in [1.165, 1.54) is 0 Å². The standard InChI is InChI=1S/C13H20ClNO4/c1-16-4-5-17-6-7-18-8-9-19-13-3-2-11(14)10-12(13)15/h2-3,10H,4-9,15H2,1H3. The molecule has 1 aromatic rings. The number of nitrogen functional groups attached to an aromatic ring is 1. The Hall–Kier alpha value is -1.01. The number of nitrogens with two attached hydrogens (primary N) is 1. The van der Waals surface area contributed by atoms with Crippen LogP contribution in [0.15, 0.2) is 18.2 Å². The maximum absolute atomic E-state index is 5.79. The number of ether oxygens (including phenoxy) is 4. The van der Waals surface area contributed by atoms with Gasteiger partial charge in [0.25, 0.3) is 0 Å². The van der Waals surface area contributed by atoms with Crippen LogP contribution in [0.1, 0.15) is 0 Å². The largest absolute Gasteiger partial charge is 0.489 e. The van der Waals surface area contributed by atoms with Crippen molar-refractivity contribution >= 4 is 17.3 Å². The summed E-state index contributed by atoms with van der Waals surface area (Å²) in [5.41, 5.74) is 6.27. The van der Waals surface area contributed by atoms with Crippen molar-refractivity contribution in [3.05, 3.63) is 23.2 Å². The van der Waals surface area contributed by atoms with Gasteiger partial charge in [0.1, 0.15) is 12.4 Å². The Kier molecular flexibility index (Phi) is 8.33. The van der Waals surface area contributed by atoms with Crippen molar-refractivity contribution < 1.29 is 18.9 Å². The summed E-state index contributed by atoms with van der Waals surface area (Å²) in [5.74, 6) is 0.615. The number of rotatable bonds is 10. The molecule has 0 aliphatic rings. The normalized spacial score (nSPS) is 10.6. The van der Waals surface area contributed by atoms with E-state index >= 15 is 0 Å². The minimum Gasteiger partial charge on any atom is -0.489 e. The van der Waals surface area contributed by atoms with Crippen LogP contribution < -0.4 is 10.5 Å². The van der Waals surface area contributed by atoms with Gasteiger partial charge in [0.05, 0.1) is 38.7 Å². The molecule has 2 N–H and O–H groups in total. The number of halogens is 1. The molecule has 1 rings (SSSR count). The van der Waals surface area contributed by atoms with Gasteiger partial charge < -0.3 is 24.7 Å². The molecule has 6 heteroatoms. The Morgan fingerprint density at radius 1 is 1.00 bits per heavy atom. The first-order chi connectivity index (χ1) is 9.24. The molecule has 5 nitrogen and oxygen atoms in total. The van der Waals surface area contributed by atoms with Crippen molar-refractivity contribution in [3.63, 3.8) is 0 Å². The molecule has 1 aromatic carbocycles. The van der Waals surface area contributed by atoms with Crippen molar-refractivity contribution in [3.8, 4) is 5.75 Å². The van der Waals surface area contributed by atoms with E-state index in [1.807, 2.05) is 0 Å². The highest BCUT2D eigenvalue weighted by atomic mass is 35.5. The topological polar surface area (TPSA) is 62.9 Å². The molecule has 0 saturated heterocycles. The SMILES string of the molecule is COCCOCCOCCOc1ccc(Cl)cc1N. The van der Waals surface area contributed by atoms with Crippen LogP contribution in [0.4, 0.5) is 5.69 Å². The van der Waals surface area contributed by atoms with Gasteiger partial charge in [0.15, 0.2) is 0 Å². The highest BCUT2D eigenvalue weighted by Crippen LogP contribution is 2.24. The first-order valence-corrected chi connectivity index (χ1v) is 6.44. The van der Waals surface area contributed by atoms with Gasteiger partial charge in [-0.25, -0.2) is 0 Å². The molecule has 0 heterocycles. The van der Waals surface area contributed by atoms with E-state index in [9.17, 15) is 0 Å².